The van der Waals surface area contributed by atoms with Crippen molar-refractivity contribution in [3.63, 3.8) is 0 Å². The molecule has 1 fully saturated rings. The summed E-state index contributed by atoms with van der Waals surface area (Å²) in [5, 5.41) is 5.38. The maximum Gasteiger partial charge on any atom is 0.321 e. The summed E-state index contributed by atoms with van der Waals surface area (Å²) in [5.41, 5.74) is 1.02. The van der Waals surface area contributed by atoms with E-state index in [2.05, 4.69) is 20.6 Å². The quantitative estimate of drug-likeness (QED) is 0.730. The van der Waals surface area contributed by atoms with Crippen LogP contribution in [0.1, 0.15) is 42.2 Å². The maximum absolute atomic E-state index is 14.1. The van der Waals surface area contributed by atoms with Crippen LogP contribution >= 0.6 is 11.6 Å². The molecule has 1 unspecified atom stereocenters. The zero-order valence-corrected chi connectivity index (χ0v) is 18.7. The van der Waals surface area contributed by atoms with Crippen molar-refractivity contribution in [3.05, 3.63) is 46.5 Å². The Morgan fingerprint density at radius 1 is 1.32 bits per heavy atom. The Bertz CT molecular complexity index is 984. The standard InChI is InChI=1S/C21H26ClFN6O2/c1-12(2)25-19(30)14-10-24-20(28(3)4)27-18(14)13-8-9-29(11-13)21(31)26-16-7-5-6-15(22)17(16)23/h5-7,10,12-13H,8-9,11H2,1-4H3,(H,25,30)(H,26,31). The average molecular weight is 449 g/mol. The Kier molecular flexibility index (Phi) is 6.94. The van der Waals surface area contributed by atoms with Crippen LogP contribution in [-0.4, -0.2) is 60.0 Å². The highest BCUT2D eigenvalue weighted by atomic mass is 35.5. The monoisotopic (exact) mass is 448 g/mol. The zero-order chi connectivity index (χ0) is 22.7. The SMILES string of the molecule is CC(C)NC(=O)c1cnc(N(C)C)nc1C1CCN(C(=O)Nc2cccc(Cl)c2F)C1. The molecule has 3 rings (SSSR count). The summed E-state index contributed by atoms with van der Waals surface area (Å²) in [7, 11) is 3.64. The fourth-order valence-corrected chi connectivity index (χ4v) is 3.56. The van der Waals surface area contributed by atoms with Crippen molar-refractivity contribution in [1.82, 2.24) is 20.2 Å². The van der Waals surface area contributed by atoms with Crippen molar-refractivity contribution < 1.29 is 14.0 Å². The summed E-state index contributed by atoms with van der Waals surface area (Å²) in [4.78, 5) is 37.6. The van der Waals surface area contributed by atoms with Crippen LogP contribution < -0.4 is 15.5 Å². The van der Waals surface area contributed by atoms with Crippen molar-refractivity contribution in [2.24, 2.45) is 0 Å². The lowest BCUT2D eigenvalue weighted by molar-refractivity contribution is 0.0941. The molecule has 1 aliphatic rings. The molecule has 8 nitrogen and oxygen atoms in total. The van der Waals surface area contributed by atoms with Crippen molar-refractivity contribution in [2.75, 3.05) is 37.4 Å². The van der Waals surface area contributed by atoms with E-state index in [1.54, 1.807) is 15.9 Å². The van der Waals surface area contributed by atoms with Gasteiger partial charge < -0.3 is 20.4 Å². The summed E-state index contributed by atoms with van der Waals surface area (Å²) in [6, 6.07) is 3.97. The first-order valence-electron chi connectivity index (χ1n) is 10.0. The minimum atomic E-state index is -0.674. The van der Waals surface area contributed by atoms with Crippen LogP contribution in [0.3, 0.4) is 0 Å². The fraction of sp³-hybridized carbons (Fsp3) is 0.429. The van der Waals surface area contributed by atoms with Gasteiger partial charge in [0.15, 0.2) is 5.82 Å². The molecular weight excluding hydrogens is 423 g/mol. The van der Waals surface area contributed by atoms with Gasteiger partial charge in [0.25, 0.3) is 5.91 Å². The largest absolute Gasteiger partial charge is 0.350 e. The van der Waals surface area contributed by atoms with E-state index in [1.165, 1.54) is 18.3 Å². The van der Waals surface area contributed by atoms with E-state index in [1.807, 2.05) is 27.9 Å². The minimum Gasteiger partial charge on any atom is -0.350 e. The van der Waals surface area contributed by atoms with Crippen LogP contribution in [0, 0.1) is 5.82 Å². The Morgan fingerprint density at radius 2 is 2.06 bits per heavy atom. The number of nitrogens with one attached hydrogen (secondary N) is 2. The summed E-state index contributed by atoms with van der Waals surface area (Å²) in [6.45, 7) is 4.55. The second-order valence-electron chi connectivity index (χ2n) is 7.95. The number of amides is 3. The van der Waals surface area contributed by atoms with Crippen LogP contribution in [0.5, 0.6) is 0 Å². The lowest BCUT2D eigenvalue weighted by Crippen LogP contribution is -2.34. The second-order valence-corrected chi connectivity index (χ2v) is 8.36. The smallest absolute Gasteiger partial charge is 0.321 e. The van der Waals surface area contributed by atoms with Crippen molar-refractivity contribution in [1.29, 1.82) is 0 Å². The number of aromatic nitrogens is 2. The molecule has 1 aromatic heterocycles. The molecule has 1 aliphatic heterocycles. The number of carbonyl (C=O) groups is 2. The third kappa shape index (κ3) is 5.22. The molecule has 0 saturated carbocycles. The number of benzene rings is 1. The van der Waals surface area contributed by atoms with E-state index >= 15 is 0 Å². The van der Waals surface area contributed by atoms with Gasteiger partial charge in [0.1, 0.15) is 0 Å². The number of likely N-dealkylation sites (tertiary alicyclic amines) is 1. The van der Waals surface area contributed by atoms with Crippen LogP contribution in [0.15, 0.2) is 24.4 Å². The van der Waals surface area contributed by atoms with E-state index in [0.29, 0.717) is 36.7 Å². The Balaban J connectivity index is 1.80. The molecule has 31 heavy (non-hydrogen) atoms. The number of nitrogens with zero attached hydrogens (tertiary/aromatic N) is 4. The third-order valence-corrected chi connectivity index (χ3v) is 5.22. The minimum absolute atomic E-state index is 0.0230. The van der Waals surface area contributed by atoms with Crippen LogP contribution in [-0.2, 0) is 0 Å². The summed E-state index contributed by atoms with van der Waals surface area (Å²) < 4.78 is 14.1. The first-order valence-corrected chi connectivity index (χ1v) is 10.4. The molecule has 0 bridgehead atoms. The molecule has 0 radical (unpaired) electrons. The van der Waals surface area contributed by atoms with Crippen molar-refractivity contribution in [2.45, 2.75) is 32.2 Å². The summed E-state index contributed by atoms with van der Waals surface area (Å²) >= 11 is 5.79. The number of carbonyl (C=O) groups excluding carboxylic acids is 2. The number of hydrogen-bond acceptors (Lipinski definition) is 5. The predicted octanol–water partition coefficient (Wildman–Crippen LogP) is 3.49. The van der Waals surface area contributed by atoms with Gasteiger partial charge in [-0.05, 0) is 32.4 Å². The van der Waals surface area contributed by atoms with Gasteiger partial charge in [0.2, 0.25) is 5.95 Å². The zero-order valence-electron chi connectivity index (χ0n) is 17.9. The predicted molar refractivity (Wildman–Crippen MR) is 118 cm³/mol. The maximum atomic E-state index is 14.1. The van der Waals surface area contributed by atoms with E-state index in [-0.39, 0.29) is 28.6 Å². The van der Waals surface area contributed by atoms with Gasteiger partial charge in [-0.25, -0.2) is 19.2 Å². The Morgan fingerprint density at radius 3 is 2.74 bits per heavy atom. The summed E-state index contributed by atoms with van der Waals surface area (Å²) in [5.74, 6) is -0.587. The number of rotatable bonds is 5. The van der Waals surface area contributed by atoms with E-state index in [4.69, 9.17) is 11.6 Å². The molecule has 3 amide bonds. The molecule has 2 aromatic rings. The molecule has 1 saturated heterocycles. The first-order chi connectivity index (χ1) is 14.7. The van der Waals surface area contributed by atoms with Gasteiger partial charge >= 0.3 is 6.03 Å². The van der Waals surface area contributed by atoms with Crippen LogP contribution in [0.4, 0.5) is 20.8 Å². The number of urea groups is 1. The van der Waals surface area contributed by atoms with Crippen molar-refractivity contribution >= 4 is 35.2 Å². The van der Waals surface area contributed by atoms with Crippen molar-refractivity contribution in [3.8, 4) is 0 Å². The number of halogens is 2. The molecule has 0 spiro atoms. The highest BCUT2D eigenvalue weighted by Gasteiger charge is 2.32. The molecular formula is C21H26ClFN6O2. The van der Waals surface area contributed by atoms with Gasteiger partial charge in [0, 0.05) is 45.3 Å². The molecule has 10 heteroatoms. The molecule has 2 N–H and O–H groups in total. The van der Waals surface area contributed by atoms with Gasteiger partial charge in [-0.15, -0.1) is 0 Å². The number of anilines is 2. The normalized spacial score (nSPS) is 15.8. The average Bonchev–Trinajstić information content (AvgIpc) is 3.20. The van der Waals surface area contributed by atoms with Crippen LogP contribution in [0.25, 0.3) is 0 Å². The van der Waals surface area contributed by atoms with E-state index < -0.39 is 11.8 Å². The topological polar surface area (TPSA) is 90.5 Å². The van der Waals surface area contributed by atoms with Crippen LogP contribution in [0.2, 0.25) is 5.02 Å². The molecule has 1 aromatic carbocycles. The lowest BCUT2D eigenvalue weighted by Gasteiger charge is -2.20. The third-order valence-electron chi connectivity index (χ3n) is 4.93. The highest BCUT2D eigenvalue weighted by Crippen LogP contribution is 2.30. The highest BCUT2D eigenvalue weighted by molar-refractivity contribution is 6.31. The van der Waals surface area contributed by atoms with Gasteiger partial charge in [0.05, 0.1) is 22.0 Å². The van der Waals surface area contributed by atoms with E-state index in [0.717, 1.165) is 0 Å². The Hall–Kier alpha value is -2.94. The summed E-state index contributed by atoms with van der Waals surface area (Å²) in [6.07, 6.45) is 2.15. The first kappa shape index (κ1) is 22.7. The van der Waals surface area contributed by atoms with Gasteiger partial charge in [-0.3, -0.25) is 4.79 Å². The lowest BCUT2D eigenvalue weighted by atomic mass is 9.99. The fourth-order valence-electron chi connectivity index (χ4n) is 3.39. The molecule has 0 aliphatic carbocycles. The number of hydrogen-bond donors (Lipinski definition) is 2. The molecule has 1 atom stereocenters. The van der Waals surface area contributed by atoms with Gasteiger partial charge in [-0.2, -0.15) is 0 Å². The van der Waals surface area contributed by atoms with Gasteiger partial charge in [-0.1, -0.05) is 17.7 Å². The molecule has 166 valence electrons. The Labute approximate surface area is 185 Å². The molecule has 2 heterocycles. The van der Waals surface area contributed by atoms with E-state index in [9.17, 15) is 14.0 Å². The second kappa shape index (κ2) is 9.47.